The number of ether oxygens (including phenoxy) is 1. The van der Waals surface area contributed by atoms with Crippen LogP contribution in [-0.4, -0.2) is 97.7 Å². The highest BCUT2D eigenvalue weighted by atomic mass is 19.1. The molecule has 3 N–H and O–H groups in total. The van der Waals surface area contributed by atoms with Crippen molar-refractivity contribution in [1.82, 2.24) is 40.0 Å². The smallest absolute Gasteiger partial charge is 0.317 e. The average Bonchev–Trinajstić information content (AvgIpc) is 3.55. The third-order valence-electron chi connectivity index (χ3n) is 10.4. The summed E-state index contributed by atoms with van der Waals surface area (Å²) < 4.78 is 23.0. The van der Waals surface area contributed by atoms with Crippen LogP contribution in [0.2, 0.25) is 0 Å². The second kappa shape index (κ2) is 16.2. The molecule has 13 nitrogen and oxygen atoms in total. The van der Waals surface area contributed by atoms with Crippen LogP contribution < -0.4 is 16.0 Å². The summed E-state index contributed by atoms with van der Waals surface area (Å²) in [5, 5.41) is 12.8. The molecule has 0 aliphatic carbocycles. The number of nitrogens with zero attached hydrogens (tertiary/aromatic N) is 6. The molecule has 1 atom stereocenters. The van der Waals surface area contributed by atoms with Crippen molar-refractivity contribution in [3.63, 3.8) is 0 Å². The number of anilines is 1. The Morgan fingerprint density at radius 1 is 1.04 bits per heavy atom. The molecule has 0 bridgehead atoms. The Labute approximate surface area is 315 Å². The van der Waals surface area contributed by atoms with Gasteiger partial charge in [-0.15, -0.1) is 0 Å². The fourth-order valence-electron chi connectivity index (χ4n) is 7.52. The Morgan fingerprint density at radius 3 is 2.57 bits per heavy atom. The monoisotopic (exact) mass is 739 g/mol. The van der Waals surface area contributed by atoms with Crippen molar-refractivity contribution in [2.24, 2.45) is 0 Å². The van der Waals surface area contributed by atoms with Crippen molar-refractivity contribution < 1.29 is 23.5 Å². The van der Waals surface area contributed by atoms with Crippen LogP contribution >= 0.6 is 0 Å². The van der Waals surface area contributed by atoms with Crippen molar-refractivity contribution in [1.29, 1.82) is 0 Å². The summed E-state index contributed by atoms with van der Waals surface area (Å²) in [5.74, 6) is -0.487. The number of fused-ring (bicyclic) bond motifs is 1. The van der Waals surface area contributed by atoms with Crippen LogP contribution in [0.4, 0.5) is 14.9 Å². The van der Waals surface area contributed by atoms with Gasteiger partial charge in [0.25, 0.3) is 0 Å². The zero-order valence-electron chi connectivity index (χ0n) is 31.3. The summed E-state index contributed by atoms with van der Waals surface area (Å²) in [6.07, 6.45) is 11.3. The first-order chi connectivity index (χ1) is 26.0. The van der Waals surface area contributed by atoms with Crippen LogP contribution in [0, 0.1) is 5.82 Å². The van der Waals surface area contributed by atoms with E-state index in [1.165, 1.54) is 12.4 Å². The van der Waals surface area contributed by atoms with E-state index in [0.717, 1.165) is 74.2 Å². The molecule has 3 saturated heterocycles. The number of hydrogen-bond acceptors (Lipinski definition) is 9. The molecule has 1 unspecified atom stereocenters. The predicted molar refractivity (Wildman–Crippen MR) is 202 cm³/mol. The van der Waals surface area contributed by atoms with Crippen molar-refractivity contribution in [3.8, 4) is 11.3 Å². The maximum Gasteiger partial charge on any atom is 0.317 e. The van der Waals surface area contributed by atoms with Gasteiger partial charge in [-0.05, 0) is 109 Å². The molecule has 3 aliphatic heterocycles. The molecule has 4 aromatic rings. The number of halogens is 1. The van der Waals surface area contributed by atoms with E-state index in [-0.39, 0.29) is 36.1 Å². The summed E-state index contributed by atoms with van der Waals surface area (Å²) in [6, 6.07) is 10.5. The van der Waals surface area contributed by atoms with Gasteiger partial charge in [-0.1, -0.05) is 12.1 Å². The van der Waals surface area contributed by atoms with E-state index in [9.17, 15) is 14.4 Å². The van der Waals surface area contributed by atoms with Crippen molar-refractivity contribution in [3.05, 3.63) is 77.8 Å². The molecular formula is C40H50FN9O4. The van der Waals surface area contributed by atoms with Gasteiger partial charge < -0.3 is 25.2 Å². The molecule has 3 aliphatic rings. The average molecular weight is 740 g/mol. The van der Waals surface area contributed by atoms with E-state index in [2.05, 4.69) is 37.0 Å². The van der Waals surface area contributed by atoms with Gasteiger partial charge in [0.1, 0.15) is 18.2 Å². The first kappa shape index (κ1) is 37.4. The van der Waals surface area contributed by atoms with Gasteiger partial charge in [0.15, 0.2) is 0 Å². The number of nitrogens with one attached hydrogen (secondary N) is 3. The maximum atomic E-state index is 15.2. The van der Waals surface area contributed by atoms with E-state index in [0.29, 0.717) is 48.7 Å². The summed E-state index contributed by atoms with van der Waals surface area (Å²) in [4.78, 5) is 49.4. The number of amides is 4. The molecule has 6 heterocycles. The third kappa shape index (κ3) is 9.22. The molecule has 0 spiro atoms. The van der Waals surface area contributed by atoms with Crippen LogP contribution in [0.1, 0.15) is 82.0 Å². The maximum absolute atomic E-state index is 15.2. The molecule has 286 valence electrons. The third-order valence-corrected chi connectivity index (χ3v) is 10.4. The van der Waals surface area contributed by atoms with Gasteiger partial charge >= 0.3 is 6.03 Å². The molecule has 3 aromatic heterocycles. The molecule has 1 aromatic carbocycles. The summed E-state index contributed by atoms with van der Waals surface area (Å²) in [7, 11) is 0. The first-order valence-corrected chi connectivity index (χ1v) is 19.1. The number of aromatic nitrogens is 4. The number of carbonyl (C=O) groups excluding carboxylic acids is 3. The summed E-state index contributed by atoms with van der Waals surface area (Å²) in [6.45, 7) is 10.2. The number of rotatable bonds is 12. The summed E-state index contributed by atoms with van der Waals surface area (Å²) in [5.41, 5.74) is 5.33. The minimum absolute atomic E-state index is 0.0240. The molecule has 7 rings (SSSR count). The van der Waals surface area contributed by atoms with Crippen molar-refractivity contribution in [2.45, 2.75) is 95.9 Å². The minimum atomic E-state index is -0.413. The number of imide groups is 1. The Hall–Kier alpha value is -4.95. The molecule has 14 heteroatoms. The number of benzene rings is 1. The molecule has 3 fully saturated rings. The van der Waals surface area contributed by atoms with E-state index >= 15 is 4.39 Å². The van der Waals surface area contributed by atoms with E-state index in [4.69, 9.17) is 9.72 Å². The van der Waals surface area contributed by atoms with Gasteiger partial charge in [0, 0.05) is 41.9 Å². The van der Waals surface area contributed by atoms with E-state index < -0.39 is 11.9 Å². The quantitative estimate of drug-likeness (QED) is 0.134. The molecule has 54 heavy (non-hydrogen) atoms. The van der Waals surface area contributed by atoms with Crippen LogP contribution in [0.3, 0.4) is 0 Å². The number of pyridine rings is 1. The largest absolute Gasteiger partial charge is 0.372 e. The highest BCUT2D eigenvalue weighted by molar-refractivity contribution is 6.01. The fraction of sp³-hybridized carbons (Fsp3) is 0.500. The molecule has 0 radical (unpaired) electrons. The van der Waals surface area contributed by atoms with Crippen LogP contribution in [-0.2, 0) is 27.3 Å². The lowest BCUT2D eigenvalue weighted by molar-refractivity contribution is -0.133. The zero-order valence-corrected chi connectivity index (χ0v) is 31.3. The number of likely N-dealkylation sites (tertiary alicyclic amines) is 2. The van der Waals surface area contributed by atoms with E-state index in [1.54, 1.807) is 17.2 Å². The SMILES string of the molecule is CC(C)(C)OC1CN(C(=O)NCc2ccc(-c3ncnn4cc(CCCCN5CCC(c6ccc(NC7CCC(=O)NC7=O)cn6)CC5)cc34)cc2F)C1. The molecular weight excluding hydrogens is 689 g/mol. The first-order valence-electron chi connectivity index (χ1n) is 19.1. The minimum Gasteiger partial charge on any atom is -0.372 e. The van der Waals surface area contributed by atoms with Gasteiger partial charge in [-0.25, -0.2) is 18.7 Å². The van der Waals surface area contributed by atoms with Crippen LogP contribution in [0.5, 0.6) is 0 Å². The topological polar surface area (TPSA) is 146 Å². The normalized spacial score (nSPS) is 18.8. The lowest BCUT2D eigenvalue weighted by atomic mass is 9.93. The van der Waals surface area contributed by atoms with Crippen molar-refractivity contribution >= 4 is 29.0 Å². The fourth-order valence-corrected chi connectivity index (χ4v) is 7.52. The molecule has 0 saturated carbocycles. The highest BCUT2D eigenvalue weighted by Crippen LogP contribution is 2.29. The Kier molecular flexibility index (Phi) is 11.2. The highest BCUT2D eigenvalue weighted by Gasteiger charge is 2.34. The second-order valence-corrected chi connectivity index (χ2v) is 15.7. The predicted octanol–water partition coefficient (Wildman–Crippen LogP) is 5.06. The Morgan fingerprint density at radius 2 is 1.85 bits per heavy atom. The number of piperidine rings is 2. The van der Waals surface area contributed by atoms with Gasteiger partial charge in [0.05, 0.1) is 47.9 Å². The molecule has 4 amide bonds. The lowest BCUT2D eigenvalue weighted by Crippen LogP contribution is -2.59. The number of urea groups is 1. The Balaban J connectivity index is 0.843. The van der Waals surface area contributed by atoms with Gasteiger partial charge in [-0.2, -0.15) is 5.10 Å². The number of carbonyl (C=O) groups is 3. The number of aryl methyl sites for hydroxylation is 1. The number of unbranched alkanes of at least 4 members (excludes halogenated alkanes) is 1. The van der Waals surface area contributed by atoms with Gasteiger partial charge in [-0.3, -0.25) is 19.9 Å². The van der Waals surface area contributed by atoms with Gasteiger partial charge in [0.2, 0.25) is 11.8 Å². The lowest BCUT2D eigenvalue weighted by Gasteiger charge is -2.41. The van der Waals surface area contributed by atoms with Crippen molar-refractivity contribution in [2.75, 3.05) is 38.0 Å². The van der Waals surface area contributed by atoms with Crippen LogP contribution in [0.25, 0.3) is 16.8 Å². The zero-order chi connectivity index (χ0) is 37.8. The number of hydrogen-bond donors (Lipinski definition) is 3. The van der Waals surface area contributed by atoms with Crippen LogP contribution in [0.15, 0.2) is 55.1 Å². The standard InChI is InChI=1S/C40H50FN9O4/c1-40(2,3)54-31-23-49(24-31)39(53)43-20-29-8-7-28(19-32(29)41)37-35-18-26(22-50(35)45-25-44-37)6-4-5-15-48-16-13-27(14-17-48)33-10-9-30(21-42-33)46-34-11-12-36(51)47-38(34)52/h7-10,18-19,21-22,25,27,31,34,46H,4-6,11-17,20,23-24H2,1-3H3,(H,43,53)(H,47,51,52). The second-order valence-electron chi connectivity index (χ2n) is 15.7. The van der Waals surface area contributed by atoms with E-state index in [1.807, 2.05) is 49.7 Å². The summed E-state index contributed by atoms with van der Waals surface area (Å²) >= 11 is 0. The Bertz CT molecular complexity index is 1960.